The van der Waals surface area contributed by atoms with Gasteiger partial charge < -0.3 is 20.5 Å². The second-order valence-electron chi connectivity index (χ2n) is 3.93. The smallest absolute Gasteiger partial charge is 0.323 e. The Morgan fingerprint density at radius 2 is 1.80 bits per heavy atom. The summed E-state index contributed by atoms with van der Waals surface area (Å²) < 4.78 is 29.7. The Hall–Kier alpha value is -1.77. The number of nitrogens with one attached hydrogen (secondary N) is 2. The van der Waals surface area contributed by atoms with Crippen molar-refractivity contribution in [2.45, 2.75) is 32.8 Å². The molecule has 0 radical (unpaired) electrons. The topological polar surface area (TPSA) is 92.2 Å². The third kappa shape index (κ3) is 5.47. The summed E-state index contributed by atoms with van der Waals surface area (Å²) in [5.74, 6) is 0.351. The Morgan fingerprint density at radius 3 is 2.35 bits per heavy atom. The molecule has 114 valence electrons. The van der Waals surface area contributed by atoms with Crippen LogP contribution in [-0.4, -0.2) is 52.3 Å². The number of alkyl halides is 2. The van der Waals surface area contributed by atoms with E-state index in [-0.39, 0.29) is 24.5 Å². The van der Waals surface area contributed by atoms with Crippen LogP contribution in [0.1, 0.15) is 20.3 Å². The maximum absolute atomic E-state index is 12.2. The molecule has 1 unspecified atom stereocenters. The summed E-state index contributed by atoms with van der Waals surface area (Å²) >= 11 is 0. The molecular weight excluding hydrogens is 272 g/mol. The molecule has 1 aromatic rings. The monoisotopic (exact) mass is 291 g/mol. The summed E-state index contributed by atoms with van der Waals surface area (Å²) in [7, 11) is 0. The van der Waals surface area contributed by atoms with Crippen molar-refractivity contribution in [1.82, 2.24) is 15.0 Å². The van der Waals surface area contributed by atoms with Crippen LogP contribution in [0, 0.1) is 0 Å². The van der Waals surface area contributed by atoms with E-state index >= 15 is 0 Å². The summed E-state index contributed by atoms with van der Waals surface area (Å²) in [6.45, 7) is 4.47. The molecule has 0 aromatic carbocycles. The molecule has 0 aliphatic heterocycles. The summed E-state index contributed by atoms with van der Waals surface area (Å²) in [6, 6.07) is 0.104. The van der Waals surface area contributed by atoms with Crippen molar-refractivity contribution in [2.75, 3.05) is 30.3 Å². The highest BCUT2D eigenvalue weighted by atomic mass is 19.3. The van der Waals surface area contributed by atoms with Crippen molar-refractivity contribution in [3.05, 3.63) is 0 Å². The van der Waals surface area contributed by atoms with E-state index in [1.807, 2.05) is 13.8 Å². The summed E-state index contributed by atoms with van der Waals surface area (Å²) in [5, 5.41) is 14.5. The van der Waals surface area contributed by atoms with Gasteiger partial charge in [0.15, 0.2) is 0 Å². The van der Waals surface area contributed by atoms with Crippen LogP contribution in [-0.2, 0) is 0 Å². The molecular formula is C11H19F2N5O2. The lowest BCUT2D eigenvalue weighted by molar-refractivity contribution is 0.00376. The first kappa shape index (κ1) is 16.3. The van der Waals surface area contributed by atoms with Crippen molar-refractivity contribution >= 4 is 11.9 Å². The van der Waals surface area contributed by atoms with E-state index in [0.717, 1.165) is 6.42 Å². The number of nitrogens with zero attached hydrogens (tertiary/aromatic N) is 3. The zero-order valence-electron chi connectivity index (χ0n) is 11.4. The lowest BCUT2D eigenvalue weighted by atomic mass is 10.4. The van der Waals surface area contributed by atoms with Crippen molar-refractivity contribution < 1.29 is 18.6 Å². The zero-order chi connectivity index (χ0) is 15.0. The van der Waals surface area contributed by atoms with Gasteiger partial charge in [0.1, 0.15) is 6.10 Å². The zero-order valence-corrected chi connectivity index (χ0v) is 11.4. The van der Waals surface area contributed by atoms with Crippen LogP contribution < -0.4 is 15.4 Å². The average Bonchev–Trinajstić information content (AvgIpc) is 2.42. The SMILES string of the molecule is CCCOc1nc(NCC)nc(NCC(O)C(F)F)n1. The van der Waals surface area contributed by atoms with Crippen LogP contribution in [0.3, 0.4) is 0 Å². The Labute approximate surface area is 115 Å². The van der Waals surface area contributed by atoms with Crippen molar-refractivity contribution in [2.24, 2.45) is 0 Å². The molecule has 0 aliphatic carbocycles. The number of halogens is 2. The van der Waals surface area contributed by atoms with Gasteiger partial charge in [0.05, 0.1) is 6.61 Å². The first-order valence-electron chi connectivity index (χ1n) is 6.39. The van der Waals surface area contributed by atoms with Crippen molar-refractivity contribution in [1.29, 1.82) is 0 Å². The van der Waals surface area contributed by atoms with Crippen LogP contribution in [0.2, 0.25) is 0 Å². The minimum Gasteiger partial charge on any atom is -0.463 e. The predicted octanol–water partition coefficient (Wildman–Crippen LogP) is 1.13. The van der Waals surface area contributed by atoms with E-state index < -0.39 is 12.5 Å². The molecule has 3 N–H and O–H groups in total. The van der Waals surface area contributed by atoms with E-state index in [0.29, 0.717) is 13.2 Å². The third-order valence-electron chi connectivity index (χ3n) is 2.15. The highest BCUT2D eigenvalue weighted by Crippen LogP contribution is 2.12. The van der Waals surface area contributed by atoms with Gasteiger partial charge in [0, 0.05) is 13.1 Å². The van der Waals surface area contributed by atoms with Crippen LogP contribution in [0.4, 0.5) is 20.7 Å². The Kier molecular flexibility index (Phi) is 6.85. The molecule has 1 heterocycles. The number of rotatable bonds is 9. The molecule has 0 amide bonds. The van der Waals surface area contributed by atoms with Crippen molar-refractivity contribution in [3.63, 3.8) is 0 Å². The first-order valence-corrected chi connectivity index (χ1v) is 6.39. The van der Waals surface area contributed by atoms with E-state index in [1.54, 1.807) is 0 Å². The summed E-state index contributed by atoms with van der Waals surface area (Å²) in [5.41, 5.74) is 0. The van der Waals surface area contributed by atoms with Gasteiger partial charge in [-0.3, -0.25) is 0 Å². The van der Waals surface area contributed by atoms with Crippen LogP contribution >= 0.6 is 0 Å². The molecule has 7 nitrogen and oxygen atoms in total. The van der Waals surface area contributed by atoms with Crippen LogP contribution in [0.5, 0.6) is 6.01 Å². The van der Waals surface area contributed by atoms with Gasteiger partial charge in [0.25, 0.3) is 6.43 Å². The quantitative estimate of drug-likeness (QED) is 0.628. The van der Waals surface area contributed by atoms with Gasteiger partial charge in [-0.15, -0.1) is 0 Å². The molecule has 0 saturated heterocycles. The van der Waals surface area contributed by atoms with Gasteiger partial charge in [-0.1, -0.05) is 6.92 Å². The highest BCUT2D eigenvalue weighted by Gasteiger charge is 2.17. The molecule has 0 bridgehead atoms. The van der Waals surface area contributed by atoms with Crippen LogP contribution in [0.15, 0.2) is 0 Å². The molecule has 1 aromatic heterocycles. The number of ether oxygens (including phenoxy) is 1. The summed E-state index contributed by atoms with van der Waals surface area (Å²) in [4.78, 5) is 11.9. The molecule has 0 spiro atoms. The Bertz CT molecular complexity index is 408. The largest absolute Gasteiger partial charge is 0.463 e. The lowest BCUT2D eigenvalue weighted by Gasteiger charge is -2.12. The summed E-state index contributed by atoms with van der Waals surface area (Å²) in [6.07, 6.45) is -3.82. The van der Waals surface area contributed by atoms with Crippen molar-refractivity contribution in [3.8, 4) is 6.01 Å². The van der Waals surface area contributed by atoms with Gasteiger partial charge in [-0.2, -0.15) is 15.0 Å². The Morgan fingerprint density at radius 1 is 1.15 bits per heavy atom. The molecule has 20 heavy (non-hydrogen) atoms. The van der Waals surface area contributed by atoms with Crippen LogP contribution in [0.25, 0.3) is 0 Å². The number of aliphatic hydroxyl groups is 1. The molecule has 0 saturated carbocycles. The standard InChI is InChI=1S/C11H19F2N5O2/c1-3-5-20-11-17-9(14-4-2)16-10(18-11)15-6-7(19)8(12)13/h7-8,19H,3-6H2,1-2H3,(H2,14,15,16,17,18). The second-order valence-corrected chi connectivity index (χ2v) is 3.93. The number of aromatic nitrogens is 3. The molecule has 9 heteroatoms. The number of hydrogen-bond donors (Lipinski definition) is 3. The van der Waals surface area contributed by atoms with Gasteiger partial charge >= 0.3 is 6.01 Å². The second kappa shape index (κ2) is 8.41. The average molecular weight is 291 g/mol. The molecule has 0 fully saturated rings. The van der Waals surface area contributed by atoms with Gasteiger partial charge in [-0.25, -0.2) is 8.78 Å². The minimum atomic E-state index is -2.83. The normalized spacial score (nSPS) is 12.3. The number of anilines is 2. The maximum Gasteiger partial charge on any atom is 0.323 e. The van der Waals surface area contributed by atoms with Gasteiger partial charge in [0.2, 0.25) is 11.9 Å². The molecule has 0 aliphatic rings. The number of aliphatic hydroxyl groups excluding tert-OH is 1. The highest BCUT2D eigenvalue weighted by molar-refractivity contribution is 5.35. The first-order chi connectivity index (χ1) is 9.56. The van der Waals surface area contributed by atoms with E-state index in [2.05, 4.69) is 25.6 Å². The fourth-order valence-corrected chi connectivity index (χ4v) is 1.22. The van der Waals surface area contributed by atoms with E-state index in [4.69, 9.17) is 9.84 Å². The molecule has 1 rings (SSSR count). The van der Waals surface area contributed by atoms with Gasteiger partial charge in [-0.05, 0) is 13.3 Å². The van der Waals surface area contributed by atoms with E-state index in [1.165, 1.54) is 0 Å². The molecule has 1 atom stereocenters. The predicted molar refractivity (Wildman–Crippen MR) is 70.3 cm³/mol. The lowest BCUT2D eigenvalue weighted by Crippen LogP contribution is -2.27. The Balaban J connectivity index is 2.74. The maximum atomic E-state index is 12.2. The third-order valence-corrected chi connectivity index (χ3v) is 2.15. The fourth-order valence-electron chi connectivity index (χ4n) is 1.22. The minimum absolute atomic E-state index is 0.0711. The number of hydrogen-bond acceptors (Lipinski definition) is 7. The fraction of sp³-hybridized carbons (Fsp3) is 0.727. The van der Waals surface area contributed by atoms with E-state index in [9.17, 15) is 8.78 Å².